The number of carbonyl (C=O) groups is 3. The Morgan fingerprint density at radius 1 is 0.909 bits per heavy atom. The summed E-state index contributed by atoms with van der Waals surface area (Å²) in [6.07, 6.45) is 7.79. The van der Waals surface area contributed by atoms with E-state index in [-0.39, 0.29) is 42.4 Å². The van der Waals surface area contributed by atoms with E-state index in [1.165, 1.54) is 12.1 Å². The molecule has 3 N–H and O–H groups in total. The zero-order valence-electron chi connectivity index (χ0n) is 27.9. The van der Waals surface area contributed by atoms with Gasteiger partial charge in [0, 0.05) is 5.56 Å². The van der Waals surface area contributed by atoms with Crippen LogP contribution in [0, 0.1) is 28.1 Å². The van der Waals surface area contributed by atoms with Crippen LogP contribution in [-0.4, -0.2) is 32.7 Å². The third-order valence-electron chi connectivity index (χ3n) is 10.0. The monoisotopic (exact) mass is 602 g/mol. The first kappa shape index (κ1) is 34.8. The molecule has 2 aliphatic carbocycles. The molecular weight excluding hydrogens is 552 g/mol. The molecule has 0 spiro atoms. The zero-order chi connectivity index (χ0) is 33.4. The number of aromatic hydroxyl groups is 2. The van der Waals surface area contributed by atoms with Gasteiger partial charge in [-0.05, 0) is 116 Å². The van der Waals surface area contributed by atoms with Crippen LogP contribution in [0.3, 0.4) is 0 Å². The molecule has 4 atom stereocenters. The van der Waals surface area contributed by atoms with Crippen LogP contribution in [0.2, 0.25) is 0 Å². The Labute approximate surface area is 263 Å². The number of ketones is 3. The zero-order valence-corrected chi connectivity index (χ0v) is 27.9. The molecule has 3 unspecified atom stereocenters. The van der Waals surface area contributed by atoms with Crippen LogP contribution >= 0.6 is 0 Å². The lowest BCUT2D eigenvalue weighted by molar-refractivity contribution is -0.177. The number of Topliss-reactive ketones (excluding diaryl/α,β-unsaturated/α-hetero) is 3. The molecule has 0 saturated heterocycles. The fraction of sp³-hybridized carbons (Fsp3) is 0.500. The van der Waals surface area contributed by atoms with E-state index in [9.17, 15) is 24.9 Å². The molecule has 0 amide bonds. The summed E-state index contributed by atoms with van der Waals surface area (Å²) in [4.78, 5) is 44.9. The van der Waals surface area contributed by atoms with E-state index < -0.39 is 50.6 Å². The van der Waals surface area contributed by atoms with Gasteiger partial charge in [-0.25, -0.2) is 0 Å². The van der Waals surface area contributed by atoms with Crippen molar-refractivity contribution in [2.24, 2.45) is 28.1 Å². The predicted molar refractivity (Wildman–Crippen MR) is 176 cm³/mol. The third-order valence-corrected chi connectivity index (χ3v) is 10.0. The Morgan fingerprint density at radius 2 is 1.50 bits per heavy atom. The first-order chi connectivity index (χ1) is 20.3. The van der Waals surface area contributed by atoms with Gasteiger partial charge in [0.1, 0.15) is 16.7 Å². The largest absolute Gasteiger partial charge is 0.506 e. The maximum Gasteiger partial charge on any atom is 0.184 e. The highest BCUT2D eigenvalue weighted by atomic mass is 16.3. The molecule has 3 rings (SSSR count). The second-order valence-electron chi connectivity index (χ2n) is 14.3. The Kier molecular flexibility index (Phi) is 10.1. The van der Waals surface area contributed by atoms with Crippen molar-refractivity contribution in [2.75, 3.05) is 0 Å². The maximum atomic E-state index is 15.2. The number of rotatable bonds is 10. The van der Waals surface area contributed by atoms with Gasteiger partial charge in [-0.3, -0.25) is 14.4 Å². The summed E-state index contributed by atoms with van der Waals surface area (Å²) in [6.45, 7) is 21.9. The van der Waals surface area contributed by atoms with E-state index in [1.807, 2.05) is 68.4 Å². The molecule has 0 radical (unpaired) electrons. The SMILES string of the molecule is C=C(C)C(CC=C(C)C)C[C@@]12CC(CC=C(C)C)C(C)(C)C(CC=C(C)C)(C(=O)/C(=C(/O)c3ccc(O)c(O)c3)C1=O)C2=O. The molecule has 2 saturated carbocycles. The summed E-state index contributed by atoms with van der Waals surface area (Å²) >= 11 is 0. The quantitative estimate of drug-likeness (QED) is 0.0616. The van der Waals surface area contributed by atoms with Crippen molar-refractivity contribution in [3.8, 4) is 11.5 Å². The average Bonchev–Trinajstić information content (AvgIpc) is 2.91. The lowest BCUT2D eigenvalue weighted by atomic mass is 9.38. The number of phenolic OH excluding ortho intramolecular Hbond substituents is 2. The average molecular weight is 603 g/mol. The van der Waals surface area contributed by atoms with Gasteiger partial charge in [0.15, 0.2) is 28.8 Å². The smallest absolute Gasteiger partial charge is 0.184 e. The second kappa shape index (κ2) is 12.7. The second-order valence-corrected chi connectivity index (χ2v) is 14.3. The molecule has 0 aliphatic heterocycles. The number of fused-ring (bicyclic) bond motifs is 2. The van der Waals surface area contributed by atoms with Crippen LogP contribution in [0.25, 0.3) is 5.76 Å². The molecular formula is C38H50O6. The van der Waals surface area contributed by atoms with E-state index in [0.29, 0.717) is 12.8 Å². The first-order valence-electron chi connectivity index (χ1n) is 15.5. The van der Waals surface area contributed by atoms with Gasteiger partial charge < -0.3 is 15.3 Å². The van der Waals surface area contributed by atoms with Crippen molar-refractivity contribution in [1.29, 1.82) is 0 Å². The van der Waals surface area contributed by atoms with Gasteiger partial charge in [-0.1, -0.05) is 60.9 Å². The molecule has 0 aromatic heterocycles. The first-order valence-corrected chi connectivity index (χ1v) is 15.5. The number of carbonyl (C=O) groups excluding carboxylic acids is 3. The summed E-state index contributed by atoms with van der Waals surface area (Å²) < 4.78 is 0. The summed E-state index contributed by atoms with van der Waals surface area (Å²) in [5, 5.41) is 31.7. The van der Waals surface area contributed by atoms with Crippen molar-refractivity contribution < 1.29 is 29.7 Å². The highest BCUT2D eigenvalue weighted by molar-refractivity contribution is 6.41. The molecule has 44 heavy (non-hydrogen) atoms. The Hall–Kier alpha value is -3.67. The lowest BCUT2D eigenvalue weighted by Gasteiger charge is -2.60. The third kappa shape index (κ3) is 6.00. The topological polar surface area (TPSA) is 112 Å². The van der Waals surface area contributed by atoms with Crippen molar-refractivity contribution in [2.45, 2.75) is 94.4 Å². The van der Waals surface area contributed by atoms with Gasteiger partial charge in [0.2, 0.25) is 0 Å². The molecule has 2 fully saturated rings. The summed E-state index contributed by atoms with van der Waals surface area (Å²) in [7, 11) is 0. The van der Waals surface area contributed by atoms with Gasteiger partial charge in [-0.15, -0.1) is 0 Å². The normalized spacial score (nSPS) is 26.0. The number of benzene rings is 1. The number of aliphatic hydroxyl groups excluding tert-OH is 1. The minimum absolute atomic E-state index is 0.0110. The molecule has 238 valence electrons. The molecule has 1 aromatic rings. The van der Waals surface area contributed by atoms with E-state index in [2.05, 4.69) is 18.7 Å². The van der Waals surface area contributed by atoms with Crippen LogP contribution in [0.5, 0.6) is 11.5 Å². The number of phenols is 2. The van der Waals surface area contributed by atoms with E-state index in [4.69, 9.17) is 0 Å². The molecule has 6 nitrogen and oxygen atoms in total. The van der Waals surface area contributed by atoms with Crippen LogP contribution < -0.4 is 0 Å². The van der Waals surface area contributed by atoms with E-state index in [1.54, 1.807) is 0 Å². The van der Waals surface area contributed by atoms with Crippen LogP contribution in [0.15, 0.2) is 70.9 Å². The minimum atomic E-state index is -1.62. The Bertz CT molecular complexity index is 1490. The molecule has 6 heteroatoms. The predicted octanol–water partition coefficient (Wildman–Crippen LogP) is 8.76. The molecule has 2 bridgehead atoms. The number of hydrogen-bond acceptors (Lipinski definition) is 6. The molecule has 1 aromatic carbocycles. The molecule has 2 aliphatic rings. The van der Waals surface area contributed by atoms with Gasteiger partial charge in [0.25, 0.3) is 0 Å². The highest BCUT2D eigenvalue weighted by Gasteiger charge is 2.74. The number of hydrogen-bond donors (Lipinski definition) is 3. The maximum absolute atomic E-state index is 15.2. The fourth-order valence-corrected chi connectivity index (χ4v) is 7.08. The van der Waals surface area contributed by atoms with Crippen LogP contribution in [0.4, 0.5) is 0 Å². The van der Waals surface area contributed by atoms with Gasteiger partial charge in [-0.2, -0.15) is 0 Å². The Balaban J connectivity index is 2.47. The standard InChI is InChI=1S/C38H50O6/c1-22(2)11-13-27(25(7)8)20-37-21-28(15-12-23(3)4)36(9,10)38(35(37)44,18-17-24(5)6)34(43)31(33(37)42)32(41)26-14-16-29(39)30(40)19-26/h11-12,14,16-17,19,27-28,39-41H,7,13,15,18,20-21H2,1-6,8-10H3/b32-31+/t27?,28?,37-,38?/m1/s1. The minimum Gasteiger partial charge on any atom is -0.506 e. The number of allylic oxidation sites excluding steroid dienone is 8. The highest BCUT2D eigenvalue weighted by Crippen LogP contribution is 2.66. The number of aliphatic hydroxyl groups is 1. The van der Waals surface area contributed by atoms with Gasteiger partial charge >= 0.3 is 0 Å². The van der Waals surface area contributed by atoms with Crippen LogP contribution in [-0.2, 0) is 14.4 Å². The Morgan fingerprint density at radius 3 is 2.02 bits per heavy atom. The van der Waals surface area contributed by atoms with E-state index in [0.717, 1.165) is 28.4 Å². The molecule has 0 heterocycles. The lowest BCUT2D eigenvalue weighted by Crippen LogP contribution is -2.69. The fourth-order valence-electron chi connectivity index (χ4n) is 7.08. The van der Waals surface area contributed by atoms with Crippen molar-refractivity contribution in [1.82, 2.24) is 0 Å². The van der Waals surface area contributed by atoms with E-state index >= 15 is 4.79 Å². The summed E-state index contributed by atoms with van der Waals surface area (Å²) in [5.74, 6) is -3.61. The summed E-state index contributed by atoms with van der Waals surface area (Å²) in [5.41, 5.74) is -0.453. The van der Waals surface area contributed by atoms with Crippen molar-refractivity contribution in [3.05, 3.63) is 76.4 Å². The van der Waals surface area contributed by atoms with Crippen molar-refractivity contribution in [3.63, 3.8) is 0 Å². The van der Waals surface area contributed by atoms with Crippen molar-refractivity contribution >= 4 is 23.1 Å². The van der Waals surface area contributed by atoms with Crippen LogP contribution in [0.1, 0.15) is 100.0 Å². The van der Waals surface area contributed by atoms with Gasteiger partial charge in [0.05, 0.1) is 5.41 Å². The summed E-state index contributed by atoms with van der Waals surface area (Å²) in [6, 6.07) is 3.65.